The number of nitrogens with zero attached hydrogens (tertiary/aromatic N) is 1. The molecule has 1 atom stereocenters. The lowest BCUT2D eigenvalue weighted by Crippen LogP contribution is -2.11. The molecule has 7 heteroatoms. The summed E-state index contributed by atoms with van der Waals surface area (Å²) in [6.07, 6.45) is 0. The highest BCUT2D eigenvalue weighted by Crippen LogP contribution is 2.38. The van der Waals surface area contributed by atoms with Crippen molar-refractivity contribution in [2.45, 2.75) is 6.04 Å². The summed E-state index contributed by atoms with van der Waals surface area (Å²) in [5.41, 5.74) is 6.54. The standard InChI is InChI=1S/C11H10N2O4S/c12-10(6-1-2-18-5-6)7-3-8(13(16)17)11(15)9(14)4-7/h1-5,10,14-15H,12H2/t10-/m1/s1. The summed E-state index contributed by atoms with van der Waals surface area (Å²) in [7, 11) is 0. The van der Waals surface area contributed by atoms with E-state index in [1.54, 1.807) is 6.07 Å². The van der Waals surface area contributed by atoms with E-state index in [1.807, 2.05) is 10.8 Å². The maximum atomic E-state index is 10.7. The van der Waals surface area contributed by atoms with Crippen LogP contribution in [0.3, 0.4) is 0 Å². The number of phenolic OH excluding ortho intramolecular Hbond substituents is 2. The Labute approximate surface area is 106 Å². The van der Waals surface area contributed by atoms with Gasteiger partial charge < -0.3 is 15.9 Å². The Hall–Kier alpha value is -2.12. The lowest BCUT2D eigenvalue weighted by atomic mass is 10.0. The molecule has 0 fully saturated rings. The summed E-state index contributed by atoms with van der Waals surface area (Å²) >= 11 is 1.45. The van der Waals surface area contributed by atoms with E-state index in [2.05, 4.69) is 0 Å². The third-order valence-electron chi connectivity index (χ3n) is 2.55. The zero-order valence-corrected chi connectivity index (χ0v) is 9.92. The Bertz CT molecular complexity index is 583. The molecule has 4 N–H and O–H groups in total. The number of hydrogen-bond donors (Lipinski definition) is 3. The highest BCUT2D eigenvalue weighted by Gasteiger charge is 2.21. The van der Waals surface area contributed by atoms with Crippen molar-refractivity contribution in [1.29, 1.82) is 0 Å². The van der Waals surface area contributed by atoms with Gasteiger partial charge in [-0.2, -0.15) is 11.3 Å². The summed E-state index contributed by atoms with van der Waals surface area (Å²) < 4.78 is 0. The minimum atomic E-state index is -0.765. The van der Waals surface area contributed by atoms with Gasteiger partial charge in [0.2, 0.25) is 5.75 Å². The molecular weight excluding hydrogens is 256 g/mol. The fourth-order valence-electron chi connectivity index (χ4n) is 1.59. The van der Waals surface area contributed by atoms with Gasteiger partial charge in [-0.3, -0.25) is 10.1 Å². The molecule has 0 saturated heterocycles. The number of thiophene rings is 1. The highest BCUT2D eigenvalue weighted by molar-refractivity contribution is 7.08. The van der Waals surface area contributed by atoms with Crippen LogP contribution in [0.15, 0.2) is 29.0 Å². The van der Waals surface area contributed by atoms with Crippen molar-refractivity contribution in [3.63, 3.8) is 0 Å². The van der Waals surface area contributed by atoms with Crippen molar-refractivity contribution in [3.8, 4) is 11.5 Å². The molecule has 2 aromatic rings. The van der Waals surface area contributed by atoms with Crippen LogP contribution in [0.4, 0.5) is 5.69 Å². The van der Waals surface area contributed by atoms with E-state index in [9.17, 15) is 20.3 Å². The zero-order valence-electron chi connectivity index (χ0n) is 9.11. The van der Waals surface area contributed by atoms with Gasteiger partial charge in [-0.25, -0.2) is 0 Å². The molecule has 18 heavy (non-hydrogen) atoms. The van der Waals surface area contributed by atoms with Gasteiger partial charge in [-0.1, -0.05) is 0 Å². The number of nitro benzene ring substituents is 1. The van der Waals surface area contributed by atoms with Crippen LogP contribution >= 0.6 is 11.3 Å². The van der Waals surface area contributed by atoms with Crippen LogP contribution in [0.1, 0.15) is 17.2 Å². The molecule has 0 radical (unpaired) electrons. The molecule has 0 saturated carbocycles. The molecule has 2 rings (SSSR count). The Morgan fingerprint density at radius 2 is 2.06 bits per heavy atom. The van der Waals surface area contributed by atoms with Crippen molar-refractivity contribution >= 4 is 17.0 Å². The van der Waals surface area contributed by atoms with E-state index >= 15 is 0 Å². The van der Waals surface area contributed by atoms with Gasteiger partial charge in [-0.05, 0) is 34.0 Å². The number of hydrogen-bond acceptors (Lipinski definition) is 6. The Morgan fingerprint density at radius 1 is 1.33 bits per heavy atom. The maximum Gasteiger partial charge on any atom is 0.314 e. The van der Waals surface area contributed by atoms with Crippen LogP contribution in [0.5, 0.6) is 11.5 Å². The molecule has 0 aliphatic heterocycles. The summed E-state index contributed by atoms with van der Waals surface area (Å²) in [5, 5.41) is 33.2. The quantitative estimate of drug-likeness (QED) is 0.448. The van der Waals surface area contributed by atoms with Crippen LogP contribution in [-0.4, -0.2) is 15.1 Å². The summed E-state index contributed by atoms with van der Waals surface area (Å²) in [6.45, 7) is 0. The summed E-state index contributed by atoms with van der Waals surface area (Å²) in [5.74, 6) is -1.30. The van der Waals surface area contributed by atoms with Crippen LogP contribution < -0.4 is 5.73 Å². The van der Waals surface area contributed by atoms with Gasteiger partial charge in [0.25, 0.3) is 0 Å². The van der Waals surface area contributed by atoms with Gasteiger partial charge in [0.1, 0.15) is 0 Å². The van der Waals surface area contributed by atoms with Crippen LogP contribution in [0.2, 0.25) is 0 Å². The number of phenols is 2. The molecule has 0 bridgehead atoms. The molecule has 1 aromatic heterocycles. The summed E-state index contributed by atoms with van der Waals surface area (Å²) in [6, 6.07) is 3.61. The lowest BCUT2D eigenvalue weighted by molar-refractivity contribution is -0.386. The van der Waals surface area contributed by atoms with Gasteiger partial charge in [-0.15, -0.1) is 0 Å². The molecule has 94 valence electrons. The van der Waals surface area contributed by atoms with E-state index in [-0.39, 0.29) is 0 Å². The number of nitrogens with two attached hydrogens (primary N) is 1. The molecule has 0 spiro atoms. The first-order chi connectivity index (χ1) is 8.50. The van der Waals surface area contributed by atoms with Gasteiger partial charge >= 0.3 is 5.69 Å². The number of aromatic hydroxyl groups is 2. The largest absolute Gasteiger partial charge is 0.504 e. The number of nitro groups is 1. The van der Waals surface area contributed by atoms with E-state index in [4.69, 9.17) is 5.73 Å². The summed E-state index contributed by atoms with van der Waals surface area (Å²) in [4.78, 5) is 9.97. The van der Waals surface area contributed by atoms with Crippen molar-refractivity contribution in [3.05, 3.63) is 50.2 Å². The third kappa shape index (κ3) is 2.13. The van der Waals surface area contributed by atoms with Crippen LogP contribution in [-0.2, 0) is 0 Å². The molecular formula is C11H10N2O4S. The molecule has 1 aromatic carbocycles. The SMILES string of the molecule is N[C@H](c1ccsc1)c1cc(O)c(O)c([N+](=O)[O-])c1. The number of benzene rings is 1. The molecule has 1 heterocycles. The average Bonchev–Trinajstić information content (AvgIpc) is 2.84. The second-order valence-electron chi connectivity index (χ2n) is 3.70. The molecule has 0 amide bonds. The molecule has 0 aliphatic carbocycles. The molecule has 0 unspecified atom stereocenters. The number of rotatable bonds is 3. The van der Waals surface area contributed by atoms with Gasteiger partial charge in [0.15, 0.2) is 5.75 Å². The van der Waals surface area contributed by atoms with Crippen molar-refractivity contribution in [1.82, 2.24) is 0 Å². The smallest absolute Gasteiger partial charge is 0.314 e. The van der Waals surface area contributed by atoms with Crippen molar-refractivity contribution < 1.29 is 15.1 Å². The minimum absolute atomic E-state index is 0.371. The first-order valence-electron chi connectivity index (χ1n) is 4.98. The zero-order chi connectivity index (χ0) is 13.3. The first-order valence-corrected chi connectivity index (χ1v) is 5.93. The fourth-order valence-corrected chi connectivity index (χ4v) is 2.29. The Kier molecular flexibility index (Phi) is 3.17. The van der Waals surface area contributed by atoms with Crippen molar-refractivity contribution in [2.24, 2.45) is 5.73 Å². The minimum Gasteiger partial charge on any atom is -0.504 e. The second-order valence-corrected chi connectivity index (χ2v) is 4.48. The Balaban J connectivity index is 2.49. The predicted molar refractivity (Wildman–Crippen MR) is 66.8 cm³/mol. The normalized spacial score (nSPS) is 12.3. The van der Waals surface area contributed by atoms with E-state index < -0.39 is 28.2 Å². The second kappa shape index (κ2) is 4.63. The monoisotopic (exact) mass is 266 g/mol. The predicted octanol–water partition coefficient (Wildman–Crippen LogP) is 2.12. The maximum absolute atomic E-state index is 10.7. The van der Waals surface area contributed by atoms with E-state index in [1.165, 1.54) is 17.4 Å². The van der Waals surface area contributed by atoms with Gasteiger partial charge in [0, 0.05) is 6.07 Å². The van der Waals surface area contributed by atoms with E-state index in [0.29, 0.717) is 5.56 Å². The van der Waals surface area contributed by atoms with Crippen LogP contribution in [0.25, 0.3) is 0 Å². The lowest BCUT2D eigenvalue weighted by Gasteiger charge is -2.11. The molecule has 6 nitrogen and oxygen atoms in total. The fraction of sp³-hybridized carbons (Fsp3) is 0.0909. The van der Waals surface area contributed by atoms with E-state index in [0.717, 1.165) is 11.6 Å². The molecule has 0 aliphatic rings. The topological polar surface area (TPSA) is 110 Å². The first kappa shape index (κ1) is 12.3. The van der Waals surface area contributed by atoms with Crippen molar-refractivity contribution in [2.75, 3.05) is 0 Å². The highest BCUT2D eigenvalue weighted by atomic mass is 32.1. The third-order valence-corrected chi connectivity index (χ3v) is 3.25. The average molecular weight is 266 g/mol. The Morgan fingerprint density at radius 3 is 2.61 bits per heavy atom. The van der Waals surface area contributed by atoms with Gasteiger partial charge in [0.05, 0.1) is 11.0 Å². The van der Waals surface area contributed by atoms with Crippen LogP contribution in [0, 0.1) is 10.1 Å².